The number of benzene rings is 1. The molecular formula is C41H65N7O7S. The van der Waals surface area contributed by atoms with Crippen molar-refractivity contribution in [2.24, 2.45) is 0 Å². The summed E-state index contributed by atoms with van der Waals surface area (Å²) in [6.07, 6.45) is 6.46. The van der Waals surface area contributed by atoms with Crippen LogP contribution in [0.3, 0.4) is 0 Å². The molecule has 2 aliphatic rings. The molecule has 2 fully saturated rings. The Kier molecular flexibility index (Phi) is 19.1. The third-order valence-corrected chi connectivity index (χ3v) is 12.0. The maximum absolute atomic E-state index is 14.5. The maximum Gasteiger partial charge on any atom is 0.246 e. The highest BCUT2D eigenvalue weighted by molar-refractivity contribution is 8.00. The van der Waals surface area contributed by atoms with Crippen LogP contribution in [0, 0.1) is 0 Å². The van der Waals surface area contributed by atoms with Crippen LogP contribution in [0.2, 0.25) is 0 Å². The molecule has 2 heterocycles. The number of rotatable bonds is 12. The van der Waals surface area contributed by atoms with E-state index >= 15 is 0 Å². The van der Waals surface area contributed by atoms with Crippen molar-refractivity contribution in [3.05, 3.63) is 35.9 Å². The second kappa shape index (κ2) is 23.2. The molecule has 0 spiro atoms. The Morgan fingerprint density at radius 2 is 1.36 bits per heavy atom. The van der Waals surface area contributed by atoms with E-state index in [9.17, 15) is 33.6 Å². The lowest BCUT2D eigenvalue weighted by Crippen LogP contribution is -2.60. The molecule has 3 rings (SSSR count). The molecule has 1 aromatic carbocycles. The second-order valence-corrected chi connectivity index (χ2v) is 16.0. The van der Waals surface area contributed by atoms with Gasteiger partial charge in [0.2, 0.25) is 41.4 Å². The molecular weight excluding hydrogens is 735 g/mol. The molecule has 0 unspecified atom stereocenters. The fraction of sp³-hybridized carbons (Fsp3) is 0.683. The predicted molar refractivity (Wildman–Crippen MR) is 218 cm³/mol. The highest BCUT2D eigenvalue weighted by atomic mass is 32.2. The van der Waals surface area contributed by atoms with Crippen LogP contribution in [-0.4, -0.2) is 143 Å². The van der Waals surface area contributed by atoms with Gasteiger partial charge in [0.1, 0.15) is 36.3 Å². The topological polar surface area (TPSA) is 169 Å². The SMILES string of the molecule is CCCC[C@@H]1NC(=O)[C@H](CCCC)N(C)C(=O)[C@H](Cc2ccccc2)N(C)C(=O)CSC[C@H](C(=O)NC)NC(=O)[C@H]2CCCN2C(=O)[C@H](CCCC)N(C)C1=O. The van der Waals surface area contributed by atoms with E-state index in [2.05, 4.69) is 16.0 Å². The lowest BCUT2D eigenvalue weighted by atomic mass is 10.0. The Morgan fingerprint density at radius 1 is 0.750 bits per heavy atom. The molecule has 0 bridgehead atoms. The van der Waals surface area contributed by atoms with E-state index in [0.29, 0.717) is 57.9 Å². The minimum absolute atomic E-state index is 0.0671. The van der Waals surface area contributed by atoms with Crippen molar-refractivity contribution in [2.45, 2.75) is 134 Å². The zero-order valence-electron chi connectivity index (χ0n) is 34.5. The molecule has 14 nitrogen and oxygen atoms in total. The fourth-order valence-corrected chi connectivity index (χ4v) is 8.35. The molecule has 1 aromatic rings. The van der Waals surface area contributed by atoms with Gasteiger partial charge in [-0.15, -0.1) is 11.8 Å². The molecule has 312 valence electrons. The second-order valence-electron chi connectivity index (χ2n) is 15.0. The number of hydrogen-bond donors (Lipinski definition) is 3. The average Bonchev–Trinajstić information content (AvgIpc) is 3.70. The summed E-state index contributed by atoms with van der Waals surface area (Å²) in [5, 5.41) is 8.40. The number of likely N-dealkylation sites (N-methyl/N-ethyl adjacent to an activating group) is 4. The molecule has 6 atom stereocenters. The van der Waals surface area contributed by atoms with Gasteiger partial charge in [-0.1, -0.05) is 89.6 Å². The van der Waals surface area contributed by atoms with Gasteiger partial charge in [-0.3, -0.25) is 33.6 Å². The Hall–Kier alpha value is -4.14. The summed E-state index contributed by atoms with van der Waals surface area (Å²) in [7, 11) is 6.18. The number of hydrogen-bond acceptors (Lipinski definition) is 8. The smallest absolute Gasteiger partial charge is 0.246 e. The zero-order chi connectivity index (χ0) is 41.4. The summed E-state index contributed by atoms with van der Waals surface area (Å²) in [6, 6.07) is 3.77. The van der Waals surface area contributed by atoms with Gasteiger partial charge in [-0.2, -0.15) is 0 Å². The number of amides is 7. The summed E-state index contributed by atoms with van der Waals surface area (Å²) in [6.45, 7) is 6.30. The number of nitrogens with zero attached hydrogens (tertiary/aromatic N) is 4. The van der Waals surface area contributed by atoms with E-state index in [1.807, 2.05) is 51.1 Å². The largest absolute Gasteiger partial charge is 0.357 e. The summed E-state index contributed by atoms with van der Waals surface area (Å²) >= 11 is 1.16. The molecule has 2 saturated heterocycles. The van der Waals surface area contributed by atoms with Gasteiger partial charge in [0.05, 0.1) is 5.75 Å². The van der Waals surface area contributed by atoms with Gasteiger partial charge in [-0.05, 0) is 37.7 Å². The van der Waals surface area contributed by atoms with Crippen molar-refractivity contribution in [3.8, 4) is 0 Å². The predicted octanol–water partition coefficient (Wildman–Crippen LogP) is 2.73. The van der Waals surface area contributed by atoms with Gasteiger partial charge >= 0.3 is 0 Å². The number of thioether (sulfide) groups is 1. The van der Waals surface area contributed by atoms with Crippen LogP contribution in [0.1, 0.15) is 97.0 Å². The molecule has 0 radical (unpaired) electrons. The van der Waals surface area contributed by atoms with Crippen molar-refractivity contribution in [3.63, 3.8) is 0 Å². The Balaban J connectivity index is 2.13. The van der Waals surface area contributed by atoms with E-state index in [0.717, 1.165) is 36.6 Å². The molecule has 15 heteroatoms. The molecule has 0 aromatic heterocycles. The van der Waals surface area contributed by atoms with Crippen LogP contribution in [0.15, 0.2) is 30.3 Å². The third-order valence-electron chi connectivity index (χ3n) is 11.0. The molecule has 0 aliphatic carbocycles. The van der Waals surface area contributed by atoms with Gasteiger partial charge in [0, 0.05) is 46.9 Å². The standard InChI is InChI=1S/C41H65N7O7S/c1-8-11-20-29-39(53)47(7)33(22-13-10-3)41(55)48-24-17-23-32(48)38(52)44-30(36(50)42-4)26-56-27-35(49)45(5)34(25-28-18-15-14-16-19-28)40(54)46(6)31(21-12-9-2)37(51)43-29/h14-16,18-19,29-34H,8-13,17,20-27H2,1-7H3,(H,42,50)(H,43,51)(H,44,52)/t29-,30+,31-,32+,33-,34-/m0/s1. The number of nitrogens with one attached hydrogen (secondary N) is 3. The van der Waals surface area contributed by atoms with Crippen LogP contribution >= 0.6 is 11.8 Å². The quantitative estimate of drug-likeness (QED) is 0.290. The lowest BCUT2D eigenvalue weighted by Gasteiger charge is -2.36. The van der Waals surface area contributed by atoms with Crippen LogP contribution in [-0.2, 0) is 40.0 Å². The highest BCUT2D eigenvalue weighted by Gasteiger charge is 2.42. The minimum Gasteiger partial charge on any atom is -0.357 e. The Morgan fingerprint density at radius 3 is 1.98 bits per heavy atom. The summed E-state index contributed by atoms with van der Waals surface area (Å²) < 4.78 is 0. The molecule has 0 saturated carbocycles. The zero-order valence-corrected chi connectivity index (χ0v) is 35.3. The summed E-state index contributed by atoms with van der Waals surface area (Å²) in [5.74, 6) is -2.97. The summed E-state index contributed by atoms with van der Waals surface area (Å²) in [5.41, 5.74) is 0.829. The van der Waals surface area contributed by atoms with Crippen molar-refractivity contribution < 1.29 is 33.6 Å². The monoisotopic (exact) mass is 799 g/mol. The first-order chi connectivity index (χ1) is 26.8. The first kappa shape index (κ1) is 46.2. The van der Waals surface area contributed by atoms with Gasteiger partial charge in [0.15, 0.2) is 0 Å². The fourth-order valence-electron chi connectivity index (χ4n) is 7.39. The van der Waals surface area contributed by atoms with Crippen LogP contribution < -0.4 is 16.0 Å². The molecule has 7 amide bonds. The number of unbranched alkanes of at least 4 members (excludes halogenated alkanes) is 3. The average molecular weight is 800 g/mol. The number of carbonyl (C=O) groups excluding carboxylic acids is 7. The first-order valence-corrected chi connectivity index (χ1v) is 21.5. The minimum atomic E-state index is -0.994. The molecule has 3 N–H and O–H groups in total. The van der Waals surface area contributed by atoms with Crippen molar-refractivity contribution in [1.29, 1.82) is 0 Å². The van der Waals surface area contributed by atoms with E-state index < -0.39 is 65.8 Å². The summed E-state index contributed by atoms with van der Waals surface area (Å²) in [4.78, 5) is 104. The van der Waals surface area contributed by atoms with E-state index in [1.165, 1.54) is 26.6 Å². The van der Waals surface area contributed by atoms with E-state index in [1.54, 1.807) is 21.1 Å². The third kappa shape index (κ3) is 12.4. The lowest BCUT2D eigenvalue weighted by molar-refractivity contribution is -0.150. The van der Waals surface area contributed by atoms with Crippen molar-refractivity contribution in [2.75, 3.05) is 46.2 Å². The van der Waals surface area contributed by atoms with Gasteiger partial charge in [-0.25, -0.2) is 0 Å². The number of carbonyl (C=O) groups is 7. The van der Waals surface area contributed by atoms with Crippen molar-refractivity contribution >= 4 is 53.1 Å². The van der Waals surface area contributed by atoms with Crippen molar-refractivity contribution in [1.82, 2.24) is 35.6 Å². The van der Waals surface area contributed by atoms with Crippen LogP contribution in [0.4, 0.5) is 0 Å². The van der Waals surface area contributed by atoms with Crippen LogP contribution in [0.25, 0.3) is 0 Å². The maximum atomic E-state index is 14.5. The molecule has 2 aliphatic heterocycles. The highest BCUT2D eigenvalue weighted by Crippen LogP contribution is 2.24. The normalized spacial score (nSPS) is 25.4. The molecule has 56 heavy (non-hydrogen) atoms. The van der Waals surface area contributed by atoms with E-state index in [-0.39, 0.29) is 29.7 Å². The first-order valence-electron chi connectivity index (χ1n) is 20.3. The Bertz CT molecular complexity index is 1500. The van der Waals surface area contributed by atoms with Gasteiger partial charge < -0.3 is 35.6 Å². The van der Waals surface area contributed by atoms with Crippen LogP contribution in [0.5, 0.6) is 0 Å². The van der Waals surface area contributed by atoms with Gasteiger partial charge in [0.25, 0.3) is 0 Å². The number of fused-ring (bicyclic) bond motifs is 1. The Labute approximate surface area is 337 Å². The van der Waals surface area contributed by atoms with E-state index in [4.69, 9.17) is 0 Å².